The predicted molar refractivity (Wildman–Crippen MR) is 73.4 cm³/mol. The molecule has 0 aromatic heterocycles. The Bertz CT molecular complexity index is 230. The lowest BCUT2D eigenvalue weighted by Crippen LogP contribution is -2.51. The van der Waals surface area contributed by atoms with E-state index < -0.39 is 0 Å². The second-order valence-electron chi connectivity index (χ2n) is 5.27. The smallest absolute Gasteiger partial charge is 0.222 e. The Kier molecular flexibility index (Phi) is 7.28. The number of nitrogens with one attached hydrogen (secondary N) is 1. The van der Waals surface area contributed by atoms with Gasteiger partial charge < -0.3 is 15.3 Å². The first-order valence-corrected chi connectivity index (χ1v) is 7.33. The minimum atomic E-state index is 0.255. The number of likely N-dealkylation sites (tertiary alicyclic amines) is 1. The van der Waals surface area contributed by atoms with Crippen LogP contribution in [0.5, 0.6) is 0 Å². The van der Waals surface area contributed by atoms with E-state index in [1.807, 2.05) is 11.8 Å². The van der Waals surface area contributed by atoms with E-state index in [0.717, 1.165) is 45.3 Å². The molecule has 0 spiro atoms. The third-order valence-corrected chi connectivity index (χ3v) is 3.65. The van der Waals surface area contributed by atoms with Gasteiger partial charge in [-0.05, 0) is 38.1 Å². The van der Waals surface area contributed by atoms with Crippen LogP contribution in [0.1, 0.15) is 46.0 Å². The summed E-state index contributed by atoms with van der Waals surface area (Å²) >= 11 is 0. The lowest BCUT2D eigenvalue weighted by atomic mass is 9.90. The minimum Gasteiger partial charge on any atom is -0.396 e. The number of carbonyl (C=O) groups excluding carboxylic acids is 1. The van der Waals surface area contributed by atoms with Gasteiger partial charge in [-0.3, -0.25) is 4.79 Å². The highest BCUT2D eigenvalue weighted by molar-refractivity contribution is 5.76. The van der Waals surface area contributed by atoms with Crippen molar-refractivity contribution in [2.45, 2.75) is 52.0 Å². The van der Waals surface area contributed by atoms with E-state index >= 15 is 0 Å². The molecule has 2 N–H and O–H groups in total. The summed E-state index contributed by atoms with van der Waals surface area (Å²) in [5.41, 5.74) is 0. The SMILES string of the molecule is CCCNC1CC(CCCO)CN(C(=O)CC)C1. The summed E-state index contributed by atoms with van der Waals surface area (Å²) in [5.74, 6) is 0.794. The second kappa shape index (κ2) is 8.48. The van der Waals surface area contributed by atoms with Crippen LogP contribution in [0.4, 0.5) is 0 Å². The molecule has 2 atom stereocenters. The molecule has 106 valence electrons. The van der Waals surface area contributed by atoms with Crippen molar-refractivity contribution in [1.82, 2.24) is 10.2 Å². The average molecular weight is 256 g/mol. The molecule has 1 aliphatic heterocycles. The van der Waals surface area contributed by atoms with E-state index in [2.05, 4.69) is 12.2 Å². The fourth-order valence-corrected chi connectivity index (χ4v) is 2.72. The van der Waals surface area contributed by atoms with Crippen molar-refractivity contribution < 1.29 is 9.90 Å². The van der Waals surface area contributed by atoms with Crippen molar-refractivity contribution in [2.24, 2.45) is 5.92 Å². The van der Waals surface area contributed by atoms with Crippen molar-refractivity contribution in [3.8, 4) is 0 Å². The first-order chi connectivity index (χ1) is 8.71. The van der Waals surface area contributed by atoms with Crippen LogP contribution >= 0.6 is 0 Å². The van der Waals surface area contributed by atoms with Gasteiger partial charge in [-0.25, -0.2) is 0 Å². The van der Waals surface area contributed by atoms with Crippen LogP contribution in [0.3, 0.4) is 0 Å². The molecule has 0 bridgehead atoms. The summed E-state index contributed by atoms with van der Waals surface area (Å²) in [6.07, 6.45) is 4.72. The van der Waals surface area contributed by atoms with Crippen LogP contribution in [0.2, 0.25) is 0 Å². The first-order valence-electron chi connectivity index (χ1n) is 7.33. The Morgan fingerprint density at radius 2 is 2.17 bits per heavy atom. The van der Waals surface area contributed by atoms with Crippen LogP contribution in [-0.2, 0) is 4.79 Å². The van der Waals surface area contributed by atoms with Gasteiger partial charge in [-0.15, -0.1) is 0 Å². The number of aliphatic hydroxyl groups excluding tert-OH is 1. The van der Waals surface area contributed by atoms with Crippen LogP contribution < -0.4 is 5.32 Å². The molecule has 1 saturated heterocycles. The van der Waals surface area contributed by atoms with Gasteiger partial charge in [0.05, 0.1) is 0 Å². The van der Waals surface area contributed by atoms with E-state index in [4.69, 9.17) is 5.11 Å². The van der Waals surface area contributed by atoms with E-state index in [1.54, 1.807) is 0 Å². The van der Waals surface area contributed by atoms with Gasteiger partial charge in [0.15, 0.2) is 0 Å². The molecule has 2 unspecified atom stereocenters. The first kappa shape index (κ1) is 15.4. The molecule has 0 aliphatic carbocycles. The third-order valence-electron chi connectivity index (χ3n) is 3.65. The van der Waals surface area contributed by atoms with Crippen molar-refractivity contribution in [3.05, 3.63) is 0 Å². The Morgan fingerprint density at radius 1 is 1.39 bits per heavy atom. The number of aliphatic hydroxyl groups is 1. The highest BCUT2D eigenvalue weighted by Crippen LogP contribution is 2.22. The normalized spacial score (nSPS) is 24.3. The van der Waals surface area contributed by atoms with Gasteiger partial charge in [-0.2, -0.15) is 0 Å². The average Bonchev–Trinajstić information content (AvgIpc) is 2.41. The Balaban J connectivity index is 2.51. The second-order valence-corrected chi connectivity index (χ2v) is 5.27. The highest BCUT2D eigenvalue weighted by Gasteiger charge is 2.28. The zero-order chi connectivity index (χ0) is 13.4. The molecule has 18 heavy (non-hydrogen) atoms. The molecule has 4 nitrogen and oxygen atoms in total. The van der Waals surface area contributed by atoms with Crippen LogP contribution in [0, 0.1) is 5.92 Å². The van der Waals surface area contributed by atoms with Gasteiger partial charge in [0.25, 0.3) is 0 Å². The molecule has 1 heterocycles. The van der Waals surface area contributed by atoms with E-state index in [9.17, 15) is 4.79 Å². The maximum Gasteiger partial charge on any atom is 0.222 e. The van der Waals surface area contributed by atoms with Gasteiger partial charge in [0, 0.05) is 32.2 Å². The minimum absolute atomic E-state index is 0.255. The molecule has 1 rings (SSSR count). The van der Waals surface area contributed by atoms with Gasteiger partial charge >= 0.3 is 0 Å². The number of amides is 1. The molecule has 1 aliphatic rings. The molecule has 4 heteroatoms. The van der Waals surface area contributed by atoms with Crippen molar-refractivity contribution in [2.75, 3.05) is 26.2 Å². The Morgan fingerprint density at radius 3 is 2.78 bits per heavy atom. The van der Waals surface area contributed by atoms with E-state index in [0.29, 0.717) is 18.4 Å². The summed E-state index contributed by atoms with van der Waals surface area (Å²) in [4.78, 5) is 13.9. The van der Waals surface area contributed by atoms with E-state index in [1.165, 1.54) is 0 Å². The zero-order valence-corrected chi connectivity index (χ0v) is 11.8. The number of nitrogens with zero attached hydrogens (tertiary/aromatic N) is 1. The molecule has 0 aromatic carbocycles. The van der Waals surface area contributed by atoms with Crippen LogP contribution in [0.15, 0.2) is 0 Å². The fraction of sp³-hybridized carbons (Fsp3) is 0.929. The largest absolute Gasteiger partial charge is 0.396 e. The summed E-state index contributed by atoms with van der Waals surface area (Å²) in [7, 11) is 0. The lowest BCUT2D eigenvalue weighted by Gasteiger charge is -2.38. The topological polar surface area (TPSA) is 52.6 Å². The Labute approximate surface area is 111 Å². The highest BCUT2D eigenvalue weighted by atomic mass is 16.2. The van der Waals surface area contributed by atoms with Gasteiger partial charge in [-0.1, -0.05) is 13.8 Å². The number of hydrogen-bond acceptors (Lipinski definition) is 3. The van der Waals surface area contributed by atoms with Gasteiger partial charge in [0.2, 0.25) is 5.91 Å². The summed E-state index contributed by atoms with van der Waals surface area (Å²) in [6, 6.07) is 0.429. The van der Waals surface area contributed by atoms with Crippen molar-refractivity contribution >= 4 is 5.91 Å². The molecular formula is C14H28N2O2. The fourth-order valence-electron chi connectivity index (χ4n) is 2.72. The van der Waals surface area contributed by atoms with Crippen molar-refractivity contribution in [1.29, 1.82) is 0 Å². The quantitative estimate of drug-likeness (QED) is 0.723. The summed E-state index contributed by atoms with van der Waals surface area (Å²) in [5, 5.41) is 12.5. The summed E-state index contributed by atoms with van der Waals surface area (Å²) < 4.78 is 0. The summed E-state index contributed by atoms with van der Waals surface area (Å²) in [6.45, 7) is 7.08. The molecule has 0 radical (unpaired) electrons. The predicted octanol–water partition coefficient (Wildman–Crippen LogP) is 1.39. The Hall–Kier alpha value is -0.610. The molecule has 0 saturated carbocycles. The number of carbonyl (C=O) groups is 1. The van der Waals surface area contributed by atoms with Crippen LogP contribution in [0.25, 0.3) is 0 Å². The number of hydrogen-bond donors (Lipinski definition) is 2. The number of piperidine rings is 1. The standard InChI is InChI=1S/C14H28N2O2/c1-3-7-15-13-9-12(6-5-8-17)10-16(11-13)14(18)4-2/h12-13,15,17H,3-11H2,1-2H3. The van der Waals surface area contributed by atoms with Crippen LogP contribution in [-0.4, -0.2) is 48.2 Å². The van der Waals surface area contributed by atoms with Crippen molar-refractivity contribution in [3.63, 3.8) is 0 Å². The third kappa shape index (κ3) is 4.94. The molecule has 0 aromatic rings. The molecule has 1 fully saturated rings. The maximum atomic E-state index is 11.9. The lowest BCUT2D eigenvalue weighted by molar-refractivity contribution is -0.133. The zero-order valence-electron chi connectivity index (χ0n) is 11.8. The van der Waals surface area contributed by atoms with E-state index in [-0.39, 0.29) is 12.5 Å². The monoisotopic (exact) mass is 256 g/mol. The molecular weight excluding hydrogens is 228 g/mol. The van der Waals surface area contributed by atoms with Gasteiger partial charge in [0.1, 0.15) is 0 Å². The maximum absolute atomic E-state index is 11.9. The molecule has 1 amide bonds. The number of rotatable bonds is 7.